The number of hydrogen-bond acceptors (Lipinski definition) is 4. The lowest BCUT2D eigenvalue weighted by atomic mass is 10.3. The first-order chi connectivity index (χ1) is 10.6. The molecule has 2 aromatic rings. The molecular weight excluding hydrogens is 306 g/mol. The van der Waals surface area contributed by atoms with Crippen LogP contribution in [0.5, 0.6) is 0 Å². The maximum Gasteiger partial charge on any atom is 0.313 e. The molecule has 0 aliphatic carbocycles. The van der Waals surface area contributed by atoms with E-state index < -0.39 is 11.8 Å². The van der Waals surface area contributed by atoms with Crippen molar-refractivity contribution in [3.63, 3.8) is 0 Å². The fraction of sp³-hybridized carbons (Fsp3) is 0.286. The third-order valence-corrected chi connectivity index (χ3v) is 3.30. The average Bonchev–Trinajstić information content (AvgIpc) is 2.91. The van der Waals surface area contributed by atoms with Gasteiger partial charge in [-0.1, -0.05) is 11.6 Å². The molecule has 0 unspecified atom stereocenters. The molecule has 2 N–H and O–H groups in total. The Hall–Kier alpha value is -2.41. The van der Waals surface area contributed by atoms with Gasteiger partial charge in [0.1, 0.15) is 5.82 Å². The van der Waals surface area contributed by atoms with Crippen molar-refractivity contribution < 1.29 is 9.59 Å². The first kappa shape index (κ1) is 16.0. The maximum absolute atomic E-state index is 11.7. The number of halogens is 1. The molecule has 0 aliphatic heterocycles. The highest BCUT2D eigenvalue weighted by Gasteiger charge is 2.14. The van der Waals surface area contributed by atoms with Crippen molar-refractivity contribution in [2.24, 2.45) is 0 Å². The van der Waals surface area contributed by atoms with Crippen LogP contribution in [0.15, 0.2) is 30.7 Å². The lowest BCUT2D eigenvalue weighted by molar-refractivity contribution is -0.136. The number of aromatic nitrogens is 3. The van der Waals surface area contributed by atoms with Crippen molar-refractivity contribution in [3.8, 4) is 0 Å². The Bertz CT molecular complexity index is 671. The van der Waals surface area contributed by atoms with Gasteiger partial charge in [-0.3, -0.25) is 9.59 Å². The molecule has 2 heterocycles. The number of hydrogen-bond donors (Lipinski definition) is 2. The van der Waals surface area contributed by atoms with Crippen LogP contribution in [0.2, 0.25) is 5.15 Å². The smallest absolute Gasteiger partial charge is 0.313 e. The second kappa shape index (κ2) is 7.56. The van der Waals surface area contributed by atoms with Crippen LogP contribution >= 0.6 is 11.6 Å². The first-order valence-electron chi connectivity index (χ1n) is 6.75. The Balaban J connectivity index is 1.74. The lowest BCUT2D eigenvalue weighted by Gasteiger charge is -2.08. The molecule has 116 valence electrons. The largest absolute Gasteiger partial charge is 0.348 e. The minimum atomic E-state index is -0.770. The van der Waals surface area contributed by atoms with E-state index in [1.807, 2.05) is 17.7 Å². The Morgan fingerprint density at radius 2 is 2.09 bits per heavy atom. The Morgan fingerprint density at radius 3 is 2.77 bits per heavy atom. The van der Waals surface area contributed by atoms with Crippen molar-refractivity contribution in [1.82, 2.24) is 19.9 Å². The van der Waals surface area contributed by atoms with Crippen molar-refractivity contribution in [2.75, 3.05) is 11.9 Å². The summed E-state index contributed by atoms with van der Waals surface area (Å²) in [6.45, 7) is 3.02. The van der Waals surface area contributed by atoms with Gasteiger partial charge in [0.2, 0.25) is 0 Å². The predicted octanol–water partition coefficient (Wildman–Crippen LogP) is 1.38. The summed E-state index contributed by atoms with van der Waals surface area (Å²) in [5.41, 5.74) is 0.304. The quantitative estimate of drug-likeness (QED) is 0.495. The van der Waals surface area contributed by atoms with Crippen molar-refractivity contribution in [3.05, 3.63) is 41.7 Å². The van der Waals surface area contributed by atoms with Crippen LogP contribution in [-0.2, 0) is 16.1 Å². The topological polar surface area (TPSA) is 88.9 Å². The normalized spacial score (nSPS) is 10.3. The van der Waals surface area contributed by atoms with E-state index in [4.69, 9.17) is 11.6 Å². The maximum atomic E-state index is 11.7. The zero-order chi connectivity index (χ0) is 15.9. The highest BCUT2D eigenvalue weighted by molar-refractivity contribution is 6.41. The van der Waals surface area contributed by atoms with E-state index in [1.54, 1.807) is 18.3 Å². The van der Waals surface area contributed by atoms with E-state index in [2.05, 4.69) is 20.6 Å². The molecule has 0 atom stereocenters. The number of amides is 2. The molecule has 7 nitrogen and oxygen atoms in total. The molecular formula is C14H16ClN5O2. The van der Waals surface area contributed by atoms with Gasteiger partial charge in [-0.15, -0.1) is 0 Å². The molecule has 2 rings (SSSR count). The first-order valence-corrected chi connectivity index (χ1v) is 7.13. The number of carbonyl (C=O) groups excluding carboxylic acids is 2. The van der Waals surface area contributed by atoms with Crippen LogP contribution in [0.4, 0.5) is 5.69 Å². The molecule has 0 aromatic carbocycles. The highest BCUT2D eigenvalue weighted by Crippen LogP contribution is 2.16. The number of nitrogens with zero attached hydrogens (tertiary/aromatic N) is 3. The summed E-state index contributed by atoms with van der Waals surface area (Å²) in [6, 6.07) is 3.19. The number of aryl methyl sites for hydroxylation is 2. The lowest BCUT2D eigenvalue weighted by Crippen LogP contribution is -2.36. The average molecular weight is 322 g/mol. The molecule has 0 saturated heterocycles. The van der Waals surface area contributed by atoms with Crippen molar-refractivity contribution >= 4 is 29.1 Å². The standard InChI is InChI=1S/C14H16ClN5O2/c1-10-16-7-9-20(10)8-3-6-18-13(21)14(22)19-11-4-2-5-17-12(11)15/h2,4-5,7,9H,3,6,8H2,1H3,(H,18,21)(H,19,22). The molecule has 22 heavy (non-hydrogen) atoms. The van der Waals surface area contributed by atoms with Crippen LogP contribution < -0.4 is 10.6 Å². The van der Waals surface area contributed by atoms with Crippen molar-refractivity contribution in [1.29, 1.82) is 0 Å². The molecule has 0 fully saturated rings. The van der Waals surface area contributed by atoms with E-state index in [0.717, 1.165) is 12.4 Å². The fourth-order valence-corrected chi connectivity index (χ4v) is 2.00. The fourth-order valence-electron chi connectivity index (χ4n) is 1.83. The molecule has 8 heteroatoms. The van der Waals surface area contributed by atoms with Crippen molar-refractivity contribution in [2.45, 2.75) is 19.9 Å². The number of rotatable bonds is 5. The van der Waals surface area contributed by atoms with Gasteiger partial charge in [-0.25, -0.2) is 9.97 Å². The van der Waals surface area contributed by atoms with Gasteiger partial charge in [0.15, 0.2) is 5.15 Å². The van der Waals surface area contributed by atoms with E-state index >= 15 is 0 Å². The second-order valence-electron chi connectivity index (χ2n) is 4.57. The number of anilines is 1. The summed E-state index contributed by atoms with van der Waals surface area (Å²) >= 11 is 5.81. The zero-order valence-electron chi connectivity index (χ0n) is 12.0. The van der Waals surface area contributed by atoms with E-state index in [1.165, 1.54) is 6.20 Å². The summed E-state index contributed by atoms with van der Waals surface area (Å²) in [6.07, 6.45) is 5.79. The van der Waals surface area contributed by atoms with Gasteiger partial charge in [0.05, 0.1) is 5.69 Å². The van der Waals surface area contributed by atoms with Crippen LogP contribution in [0.1, 0.15) is 12.2 Å². The van der Waals surface area contributed by atoms with E-state index in [0.29, 0.717) is 18.7 Å². The predicted molar refractivity (Wildman–Crippen MR) is 82.5 cm³/mol. The van der Waals surface area contributed by atoms with E-state index in [9.17, 15) is 9.59 Å². The summed E-state index contributed by atoms with van der Waals surface area (Å²) < 4.78 is 1.97. The number of imidazole rings is 1. The molecule has 0 spiro atoms. The van der Waals surface area contributed by atoms with Crippen LogP contribution in [0.3, 0.4) is 0 Å². The van der Waals surface area contributed by atoms with Crippen LogP contribution in [-0.4, -0.2) is 32.9 Å². The molecule has 2 aromatic heterocycles. The number of nitrogens with one attached hydrogen (secondary N) is 2. The summed E-state index contributed by atoms with van der Waals surface area (Å²) in [4.78, 5) is 31.3. The summed E-state index contributed by atoms with van der Waals surface area (Å²) in [5.74, 6) is -0.564. The Kier molecular flexibility index (Phi) is 5.48. The third kappa shape index (κ3) is 4.29. The van der Waals surface area contributed by atoms with Gasteiger partial charge in [-0.05, 0) is 25.5 Å². The minimum Gasteiger partial charge on any atom is -0.348 e. The second-order valence-corrected chi connectivity index (χ2v) is 4.93. The Labute approximate surface area is 132 Å². The number of carbonyl (C=O) groups is 2. The summed E-state index contributed by atoms with van der Waals surface area (Å²) in [7, 11) is 0. The minimum absolute atomic E-state index is 0.138. The monoisotopic (exact) mass is 321 g/mol. The zero-order valence-corrected chi connectivity index (χ0v) is 12.8. The molecule has 0 saturated carbocycles. The molecule has 0 aliphatic rings. The van der Waals surface area contributed by atoms with Gasteiger partial charge < -0.3 is 15.2 Å². The van der Waals surface area contributed by atoms with E-state index in [-0.39, 0.29) is 5.15 Å². The third-order valence-electron chi connectivity index (χ3n) is 3.00. The summed E-state index contributed by atoms with van der Waals surface area (Å²) in [5, 5.41) is 5.11. The SMILES string of the molecule is Cc1nccn1CCCNC(=O)C(=O)Nc1cccnc1Cl. The van der Waals surface area contributed by atoms with Crippen LogP contribution in [0.25, 0.3) is 0 Å². The van der Waals surface area contributed by atoms with Crippen LogP contribution in [0, 0.1) is 6.92 Å². The van der Waals surface area contributed by atoms with Gasteiger partial charge in [0.25, 0.3) is 0 Å². The Morgan fingerprint density at radius 1 is 1.27 bits per heavy atom. The molecule has 0 bridgehead atoms. The molecule has 0 radical (unpaired) electrons. The molecule has 2 amide bonds. The number of pyridine rings is 1. The van der Waals surface area contributed by atoms with Gasteiger partial charge >= 0.3 is 11.8 Å². The van der Waals surface area contributed by atoms with Gasteiger partial charge in [-0.2, -0.15) is 0 Å². The van der Waals surface area contributed by atoms with Gasteiger partial charge in [0, 0.05) is 31.7 Å². The highest BCUT2D eigenvalue weighted by atomic mass is 35.5.